The lowest BCUT2D eigenvalue weighted by molar-refractivity contribution is -0.123. The molecular formula is C24H17FN2O6S3. The monoisotopic (exact) mass is 544 g/mol. The van der Waals surface area contributed by atoms with Crippen LogP contribution in [-0.2, 0) is 14.9 Å². The van der Waals surface area contributed by atoms with Crippen LogP contribution in [0.25, 0.3) is 6.08 Å². The summed E-state index contributed by atoms with van der Waals surface area (Å²) in [5.74, 6) is -1.60. The molecule has 0 aromatic heterocycles. The maximum Gasteiger partial charge on any atom is 0.339 e. The molecule has 1 fully saturated rings. The summed E-state index contributed by atoms with van der Waals surface area (Å²) in [6, 6.07) is 16.9. The number of benzene rings is 3. The SMILES string of the molecule is COc1cc(C=C2SC(=S)N(NC(=O)c3ccccc3)C2=O)ccc1OS(=O)(=O)c1ccc(F)cc1. The Morgan fingerprint density at radius 3 is 2.42 bits per heavy atom. The molecule has 12 heteroatoms. The fourth-order valence-corrected chi connectivity index (χ4v) is 5.20. The Hall–Kier alpha value is -3.74. The van der Waals surface area contributed by atoms with Gasteiger partial charge in [0.25, 0.3) is 11.8 Å². The van der Waals surface area contributed by atoms with E-state index in [9.17, 15) is 22.4 Å². The van der Waals surface area contributed by atoms with Gasteiger partial charge in [-0.25, -0.2) is 4.39 Å². The first-order valence-electron chi connectivity index (χ1n) is 10.2. The summed E-state index contributed by atoms with van der Waals surface area (Å²) >= 11 is 6.24. The van der Waals surface area contributed by atoms with Crippen LogP contribution in [0.1, 0.15) is 15.9 Å². The van der Waals surface area contributed by atoms with E-state index in [1.54, 1.807) is 30.3 Å². The largest absolute Gasteiger partial charge is 0.493 e. The van der Waals surface area contributed by atoms with Crippen LogP contribution in [0.3, 0.4) is 0 Å². The number of thioether (sulfide) groups is 1. The van der Waals surface area contributed by atoms with Gasteiger partial charge in [0.2, 0.25) is 0 Å². The quantitative estimate of drug-likeness (QED) is 0.269. The second kappa shape index (κ2) is 10.5. The molecule has 1 saturated heterocycles. The number of nitrogens with one attached hydrogen (secondary N) is 1. The van der Waals surface area contributed by atoms with Crippen LogP contribution in [0.2, 0.25) is 0 Å². The standard InChI is InChI=1S/C24H17FN2O6S3/c1-32-20-13-15(7-12-19(20)33-36(30,31)18-10-8-17(25)9-11-18)14-21-23(29)27(24(34)35-21)26-22(28)16-5-3-2-4-6-16/h2-14H,1H3,(H,26,28). The lowest BCUT2D eigenvalue weighted by atomic mass is 10.2. The van der Waals surface area contributed by atoms with Gasteiger partial charge in [-0.05, 0) is 72.4 Å². The fraction of sp³-hybridized carbons (Fsp3) is 0.0417. The molecule has 36 heavy (non-hydrogen) atoms. The highest BCUT2D eigenvalue weighted by atomic mass is 32.2. The molecule has 0 spiro atoms. The number of halogens is 1. The van der Waals surface area contributed by atoms with E-state index in [0.717, 1.165) is 41.0 Å². The van der Waals surface area contributed by atoms with Gasteiger partial charge < -0.3 is 8.92 Å². The van der Waals surface area contributed by atoms with Crippen molar-refractivity contribution in [2.45, 2.75) is 4.90 Å². The minimum absolute atomic E-state index is 0.0855. The summed E-state index contributed by atoms with van der Waals surface area (Å²) in [6.45, 7) is 0. The van der Waals surface area contributed by atoms with E-state index >= 15 is 0 Å². The van der Waals surface area contributed by atoms with E-state index in [4.69, 9.17) is 21.1 Å². The zero-order valence-corrected chi connectivity index (χ0v) is 21.0. The molecule has 0 atom stereocenters. The number of carbonyl (C=O) groups excluding carboxylic acids is 2. The number of hydrogen-bond donors (Lipinski definition) is 1. The number of ether oxygens (including phenoxy) is 1. The predicted molar refractivity (Wildman–Crippen MR) is 136 cm³/mol. The molecule has 0 bridgehead atoms. The third kappa shape index (κ3) is 5.56. The fourth-order valence-electron chi connectivity index (χ4n) is 3.08. The highest BCUT2D eigenvalue weighted by molar-refractivity contribution is 8.26. The average molecular weight is 545 g/mol. The molecule has 0 radical (unpaired) electrons. The van der Waals surface area contributed by atoms with E-state index in [-0.39, 0.29) is 25.6 Å². The number of methoxy groups -OCH3 is 1. The van der Waals surface area contributed by atoms with Crippen molar-refractivity contribution in [2.24, 2.45) is 0 Å². The summed E-state index contributed by atoms with van der Waals surface area (Å²) in [7, 11) is -2.91. The van der Waals surface area contributed by atoms with Gasteiger partial charge in [-0.2, -0.15) is 13.4 Å². The predicted octanol–water partition coefficient (Wildman–Crippen LogP) is 4.15. The van der Waals surface area contributed by atoms with Crippen LogP contribution in [0.5, 0.6) is 11.5 Å². The zero-order valence-electron chi connectivity index (χ0n) is 18.5. The van der Waals surface area contributed by atoms with Gasteiger partial charge >= 0.3 is 10.1 Å². The van der Waals surface area contributed by atoms with E-state index in [0.29, 0.717) is 11.1 Å². The number of amides is 2. The Morgan fingerprint density at radius 1 is 1.06 bits per heavy atom. The Kier molecular flexibility index (Phi) is 7.38. The minimum atomic E-state index is -4.24. The van der Waals surface area contributed by atoms with Crippen molar-refractivity contribution < 1.29 is 31.3 Å². The highest BCUT2D eigenvalue weighted by Gasteiger charge is 2.34. The Bertz CT molecular complexity index is 1480. The number of rotatable bonds is 7. The van der Waals surface area contributed by atoms with Crippen LogP contribution in [-0.4, -0.2) is 36.7 Å². The van der Waals surface area contributed by atoms with Crippen LogP contribution in [0, 0.1) is 5.82 Å². The Labute approximate surface area is 215 Å². The first kappa shape index (κ1) is 25.4. The van der Waals surface area contributed by atoms with Gasteiger partial charge in [-0.1, -0.05) is 36.0 Å². The van der Waals surface area contributed by atoms with E-state index < -0.39 is 27.7 Å². The van der Waals surface area contributed by atoms with E-state index in [1.807, 2.05) is 0 Å². The summed E-state index contributed by atoms with van der Waals surface area (Å²) < 4.78 is 48.8. The van der Waals surface area contributed by atoms with Crippen molar-refractivity contribution in [2.75, 3.05) is 7.11 Å². The Morgan fingerprint density at radius 2 is 1.75 bits per heavy atom. The molecule has 8 nitrogen and oxygen atoms in total. The molecular weight excluding hydrogens is 527 g/mol. The van der Waals surface area contributed by atoms with Crippen molar-refractivity contribution in [1.29, 1.82) is 0 Å². The number of hydrogen-bond acceptors (Lipinski definition) is 8. The lowest BCUT2D eigenvalue weighted by Gasteiger charge is -2.15. The number of thiocarbonyl (C=S) groups is 1. The lowest BCUT2D eigenvalue weighted by Crippen LogP contribution is -2.44. The molecule has 1 aliphatic heterocycles. The molecule has 3 aromatic rings. The van der Waals surface area contributed by atoms with Crippen molar-refractivity contribution in [3.05, 3.63) is 94.6 Å². The normalized spacial score (nSPS) is 14.7. The first-order valence-corrected chi connectivity index (χ1v) is 12.8. The molecule has 0 saturated carbocycles. The van der Waals surface area contributed by atoms with Gasteiger partial charge in [0.1, 0.15) is 10.7 Å². The molecule has 0 aliphatic carbocycles. The topological polar surface area (TPSA) is 102 Å². The van der Waals surface area contributed by atoms with E-state index in [2.05, 4.69) is 5.43 Å². The zero-order chi connectivity index (χ0) is 25.9. The van der Waals surface area contributed by atoms with E-state index in [1.165, 1.54) is 31.4 Å². The summed E-state index contributed by atoms with van der Waals surface area (Å²) in [5.41, 5.74) is 3.35. The van der Waals surface area contributed by atoms with Crippen molar-refractivity contribution in [3.8, 4) is 11.5 Å². The molecule has 0 unspecified atom stereocenters. The maximum absolute atomic E-state index is 13.1. The summed E-state index contributed by atoms with van der Waals surface area (Å²) in [4.78, 5) is 25.3. The average Bonchev–Trinajstić information content (AvgIpc) is 3.12. The van der Waals surface area contributed by atoms with Crippen LogP contribution < -0.4 is 14.3 Å². The van der Waals surface area contributed by atoms with Crippen LogP contribution in [0.15, 0.2) is 82.6 Å². The molecule has 4 rings (SSSR count). The number of carbonyl (C=O) groups is 2. The maximum atomic E-state index is 13.1. The Balaban J connectivity index is 1.53. The molecule has 2 amide bonds. The second-order valence-electron chi connectivity index (χ2n) is 7.23. The van der Waals surface area contributed by atoms with Crippen molar-refractivity contribution in [1.82, 2.24) is 10.4 Å². The third-order valence-electron chi connectivity index (χ3n) is 4.83. The third-order valence-corrected chi connectivity index (χ3v) is 7.38. The first-order chi connectivity index (χ1) is 17.2. The van der Waals surface area contributed by atoms with Gasteiger partial charge in [-0.3, -0.25) is 15.0 Å². The smallest absolute Gasteiger partial charge is 0.339 e. The van der Waals surface area contributed by atoms with Crippen LogP contribution in [0.4, 0.5) is 4.39 Å². The summed E-state index contributed by atoms with van der Waals surface area (Å²) in [5, 5.41) is 0.991. The molecule has 3 aromatic carbocycles. The molecule has 1 aliphatic rings. The van der Waals surface area contributed by atoms with Crippen molar-refractivity contribution in [3.63, 3.8) is 0 Å². The highest BCUT2D eigenvalue weighted by Crippen LogP contribution is 2.35. The molecule has 184 valence electrons. The second-order valence-corrected chi connectivity index (χ2v) is 10.4. The van der Waals surface area contributed by atoms with Gasteiger partial charge in [0.05, 0.1) is 12.0 Å². The van der Waals surface area contributed by atoms with Gasteiger partial charge in [0, 0.05) is 5.56 Å². The molecule has 1 heterocycles. The molecule has 1 N–H and O–H groups in total. The number of hydrazine groups is 1. The van der Waals surface area contributed by atoms with Gasteiger partial charge in [-0.15, -0.1) is 0 Å². The van der Waals surface area contributed by atoms with Crippen molar-refractivity contribution >= 4 is 56.3 Å². The van der Waals surface area contributed by atoms with Crippen LogP contribution >= 0.6 is 24.0 Å². The van der Waals surface area contributed by atoms with Gasteiger partial charge in [0.15, 0.2) is 15.8 Å². The summed E-state index contributed by atoms with van der Waals surface area (Å²) in [6.07, 6.45) is 1.52. The minimum Gasteiger partial charge on any atom is -0.493 e. The number of nitrogens with zero attached hydrogens (tertiary/aromatic N) is 1.